The van der Waals surface area contributed by atoms with Gasteiger partial charge in [0.25, 0.3) is 5.91 Å². The van der Waals surface area contributed by atoms with Gasteiger partial charge in [-0.3, -0.25) is 4.79 Å². The minimum atomic E-state index is -0.101. The maximum Gasteiger partial charge on any atom is 0.255 e. The third-order valence-electron chi connectivity index (χ3n) is 5.00. The summed E-state index contributed by atoms with van der Waals surface area (Å²) in [7, 11) is 2.15. The van der Waals surface area contributed by atoms with Crippen LogP contribution in [0, 0.1) is 0 Å². The van der Waals surface area contributed by atoms with E-state index in [4.69, 9.17) is 0 Å². The molecule has 1 N–H and O–H groups in total. The van der Waals surface area contributed by atoms with E-state index in [1.165, 1.54) is 5.69 Å². The molecule has 0 unspecified atom stereocenters. The van der Waals surface area contributed by atoms with E-state index in [0.29, 0.717) is 5.56 Å². The molecule has 1 aliphatic heterocycles. The zero-order chi connectivity index (χ0) is 18.6. The molecule has 1 fully saturated rings. The normalized spacial score (nSPS) is 14.9. The van der Waals surface area contributed by atoms with Crippen LogP contribution in [0.15, 0.2) is 73.1 Å². The number of nitrogens with one attached hydrogen (secondary N) is 1. The van der Waals surface area contributed by atoms with Crippen molar-refractivity contribution in [1.82, 2.24) is 9.47 Å². The highest BCUT2D eigenvalue weighted by molar-refractivity contribution is 6.04. The van der Waals surface area contributed by atoms with Crippen LogP contribution in [0.3, 0.4) is 0 Å². The van der Waals surface area contributed by atoms with Crippen molar-refractivity contribution in [3.8, 4) is 5.69 Å². The van der Waals surface area contributed by atoms with E-state index in [1.54, 1.807) is 0 Å². The highest BCUT2D eigenvalue weighted by Gasteiger charge is 2.14. The summed E-state index contributed by atoms with van der Waals surface area (Å²) in [5, 5.41) is 2.99. The summed E-state index contributed by atoms with van der Waals surface area (Å²) in [5.41, 5.74) is 3.63. The molecule has 27 heavy (non-hydrogen) atoms. The first-order valence-electron chi connectivity index (χ1n) is 9.27. The smallest absolute Gasteiger partial charge is 0.255 e. The van der Waals surface area contributed by atoms with Gasteiger partial charge in [-0.1, -0.05) is 6.07 Å². The Morgan fingerprint density at radius 1 is 0.852 bits per heavy atom. The van der Waals surface area contributed by atoms with E-state index in [1.807, 2.05) is 65.5 Å². The van der Waals surface area contributed by atoms with Crippen molar-refractivity contribution in [3.05, 3.63) is 78.6 Å². The van der Waals surface area contributed by atoms with E-state index in [2.05, 4.69) is 34.3 Å². The lowest BCUT2D eigenvalue weighted by Crippen LogP contribution is -2.44. The zero-order valence-corrected chi connectivity index (χ0v) is 15.5. The Bertz CT molecular complexity index is 894. The summed E-state index contributed by atoms with van der Waals surface area (Å²) in [6.45, 7) is 4.23. The summed E-state index contributed by atoms with van der Waals surface area (Å²) in [6, 6.07) is 19.7. The molecule has 0 atom stereocenters. The van der Waals surface area contributed by atoms with Crippen LogP contribution < -0.4 is 10.2 Å². The summed E-state index contributed by atoms with van der Waals surface area (Å²) in [4.78, 5) is 17.3. The van der Waals surface area contributed by atoms with Crippen molar-refractivity contribution in [2.45, 2.75) is 0 Å². The van der Waals surface area contributed by atoms with Crippen LogP contribution in [-0.4, -0.2) is 48.6 Å². The molecule has 1 saturated heterocycles. The van der Waals surface area contributed by atoms with E-state index in [0.717, 1.165) is 37.6 Å². The largest absolute Gasteiger partial charge is 0.369 e. The third-order valence-corrected chi connectivity index (χ3v) is 5.00. The lowest BCUT2D eigenvalue weighted by atomic mass is 10.1. The molecule has 1 aliphatic rings. The second kappa shape index (κ2) is 7.68. The molecule has 2 aromatic carbocycles. The molecule has 0 aliphatic carbocycles. The van der Waals surface area contributed by atoms with Gasteiger partial charge < -0.3 is 19.7 Å². The number of hydrogen-bond acceptors (Lipinski definition) is 3. The van der Waals surface area contributed by atoms with Gasteiger partial charge in [0.2, 0.25) is 0 Å². The minimum Gasteiger partial charge on any atom is -0.369 e. The molecule has 0 saturated carbocycles. The lowest BCUT2D eigenvalue weighted by molar-refractivity contribution is 0.102. The van der Waals surface area contributed by atoms with Gasteiger partial charge in [-0.15, -0.1) is 0 Å². The van der Waals surface area contributed by atoms with Crippen LogP contribution in [0.1, 0.15) is 10.4 Å². The summed E-state index contributed by atoms with van der Waals surface area (Å²) >= 11 is 0. The highest BCUT2D eigenvalue weighted by atomic mass is 16.1. The van der Waals surface area contributed by atoms with Crippen LogP contribution in [0.2, 0.25) is 0 Å². The number of amides is 1. The molecule has 2 heterocycles. The number of rotatable bonds is 4. The van der Waals surface area contributed by atoms with E-state index in [9.17, 15) is 4.79 Å². The first-order valence-corrected chi connectivity index (χ1v) is 9.27. The van der Waals surface area contributed by atoms with Crippen LogP contribution in [0.4, 0.5) is 11.4 Å². The Hall–Kier alpha value is -3.05. The molecule has 3 aromatic rings. The molecule has 1 aromatic heterocycles. The Kier molecular flexibility index (Phi) is 4.94. The fraction of sp³-hybridized carbons (Fsp3) is 0.227. The predicted molar refractivity (Wildman–Crippen MR) is 110 cm³/mol. The second-order valence-corrected chi connectivity index (χ2v) is 6.93. The van der Waals surface area contributed by atoms with Crippen LogP contribution in [0.25, 0.3) is 5.69 Å². The van der Waals surface area contributed by atoms with Crippen LogP contribution in [0.5, 0.6) is 0 Å². The fourth-order valence-electron chi connectivity index (χ4n) is 3.34. The SMILES string of the molecule is CN1CCN(c2ccc(NC(=O)c3cccc(-n4cccc4)c3)cc2)CC1. The fourth-order valence-corrected chi connectivity index (χ4v) is 3.34. The summed E-state index contributed by atoms with van der Waals surface area (Å²) < 4.78 is 1.99. The zero-order valence-electron chi connectivity index (χ0n) is 15.5. The maximum absolute atomic E-state index is 12.6. The van der Waals surface area contributed by atoms with Gasteiger partial charge in [0, 0.05) is 61.2 Å². The van der Waals surface area contributed by atoms with Gasteiger partial charge in [-0.2, -0.15) is 0 Å². The Morgan fingerprint density at radius 3 is 2.26 bits per heavy atom. The number of carbonyl (C=O) groups excluding carboxylic acids is 1. The molecular formula is C22H24N4O. The number of likely N-dealkylation sites (N-methyl/N-ethyl adjacent to an activating group) is 1. The Balaban J connectivity index is 1.43. The first kappa shape index (κ1) is 17.4. The van der Waals surface area contributed by atoms with Crippen molar-refractivity contribution in [2.75, 3.05) is 43.4 Å². The van der Waals surface area contributed by atoms with E-state index in [-0.39, 0.29) is 5.91 Å². The topological polar surface area (TPSA) is 40.5 Å². The van der Waals surface area contributed by atoms with Gasteiger partial charge >= 0.3 is 0 Å². The molecule has 1 amide bonds. The second-order valence-electron chi connectivity index (χ2n) is 6.93. The summed E-state index contributed by atoms with van der Waals surface area (Å²) in [5.74, 6) is -0.101. The quantitative estimate of drug-likeness (QED) is 0.774. The first-order chi connectivity index (χ1) is 13.2. The van der Waals surface area contributed by atoms with Gasteiger partial charge in [-0.25, -0.2) is 0 Å². The molecule has 4 rings (SSSR count). The highest BCUT2D eigenvalue weighted by Crippen LogP contribution is 2.20. The molecule has 0 spiro atoms. The number of aromatic nitrogens is 1. The predicted octanol–water partition coefficient (Wildman–Crippen LogP) is 3.48. The number of nitrogens with zero attached hydrogens (tertiary/aromatic N) is 3. The number of anilines is 2. The van der Waals surface area contributed by atoms with E-state index < -0.39 is 0 Å². The number of carbonyl (C=O) groups is 1. The molecular weight excluding hydrogens is 336 g/mol. The standard InChI is InChI=1S/C22H24N4O/c1-24-13-15-26(16-14-24)20-9-7-19(8-10-20)23-22(27)18-5-4-6-21(17-18)25-11-2-3-12-25/h2-12,17H,13-16H2,1H3,(H,23,27). The molecule has 5 nitrogen and oxygen atoms in total. The molecule has 0 bridgehead atoms. The van der Waals surface area contributed by atoms with Crippen molar-refractivity contribution in [3.63, 3.8) is 0 Å². The van der Waals surface area contributed by atoms with Crippen molar-refractivity contribution >= 4 is 17.3 Å². The molecule has 138 valence electrons. The number of benzene rings is 2. The van der Waals surface area contributed by atoms with Crippen molar-refractivity contribution in [1.29, 1.82) is 0 Å². The van der Waals surface area contributed by atoms with Crippen molar-refractivity contribution in [2.24, 2.45) is 0 Å². The third kappa shape index (κ3) is 4.04. The summed E-state index contributed by atoms with van der Waals surface area (Å²) in [6.07, 6.45) is 3.93. The molecule has 0 radical (unpaired) electrons. The van der Waals surface area contributed by atoms with Crippen LogP contribution >= 0.6 is 0 Å². The minimum absolute atomic E-state index is 0.101. The Morgan fingerprint density at radius 2 is 1.56 bits per heavy atom. The number of hydrogen-bond donors (Lipinski definition) is 1. The average Bonchev–Trinajstić information content (AvgIpc) is 3.24. The van der Waals surface area contributed by atoms with Gasteiger partial charge in [0.15, 0.2) is 0 Å². The molecule has 5 heteroatoms. The number of piperazine rings is 1. The van der Waals surface area contributed by atoms with Crippen molar-refractivity contribution < 1.29 is 4.79 Å². The van der Waals surface area contributed by atoms with Gasteiger partial charge in [0.1, 0.15) is 0 Å². The van der Waals surface area contributed by atoms with Crippen LogP contribution in [-0.2, 0) is 0 Å². The average molecular weight is 360 g/mol. The van der Waals surface area contributed by atoms with Gasteiger partial charge in [-0.05, 0) is 61.6 Å². The van der Waals surface area contributed by atoms with E-state index >= 15 is 0 Å². The lowest BCUT2D eigenvalue weighted by Gasteiger charge is -2.34. The van der Waals surface area contributed by atoms with Gasteiger partial charge in [0.05, 0.1) is 0 Å². The maximum atomic E-state index is 12.6. The Labute approximate surface area is 159 Å². The monoisotopic (exact) mass is 360 g/mol.